The number of azide groups is 1. The van der Waals surface area contributed by atoms with E-state index in [0.29, 0.717) is 0 Å². The molecule has 0 aliphatic rings. The average Bonchev–Trinajstić information content (AvgIpc) is 1.69. The minimum absolute atomic E-state index is 0.0347. The lowest BCUT2D eigenvalue weighted by atomic mass is 11.1. The minimum atomic E-state index is 0.0347. The Labute approximate surface area is 40.2 Å². The molecule has 0 radical (unpaired) electrons. The van der Waals surface area contributed by atoms with E-state index in [-0.39, 0.29) is 6.67 Å². The van der Waals surface area contributed by atoms with Crippen LogP contribution in [-0.4, -0.2) is 6.67 Å². The van der Waals surface area contributed by atoms with Gasteiger partial charge in [-0.05, 0) is 5.53 Å². The van der Waals surface area contributed by atoms with Gasteiger partial charge in [0.15, 0.2) is 6.19 Å². The van der Waals surface area contributed by atoms with Crippen molar-refractivity contribution in [2.45, 2.75) is 0 Å². The Balaban J connectivity index is 3.03. The highest BCUT2D eigenvalue weighted by Crippen LogP contribution is 1.59. The van der Waals surface area contributed by atoms with Crippen molar-refractivity contribution in [3.63, 3.8) is 0 Å². The summed E-state index contributed by atoms with van der Waals surface area (Å²) in [4.78, 5) is 2.38. The average molecular weight is 97.1 g/mol. The molecule has 0 atom stereocenters. The summed E-state index contributed by atoms with van der Waals surface area (Å²) >= 11 is 0. The van der Waals surface area contributed by atoms with Gasteiger partial charge in [0, 0.05) is 4.91 Å². The van der Waals surface area contributed by atoms with Crippen molar-refractivity contribution in [3.8, 4) is 6.19 Å². The molecule has 0 aromatic carbocycles. The molecule has 0 saturated heterocycles. The van der Waals surface area contributed by atoms with Crippen LogP contribution in [0.5, 0.6) is 0 Å². The lowest BCUT2D eigenvalue weighted by molar-refractivity contribution is 0.888. The van der Waals surface area contributed by atoms with Crippen molar-refractivity contribution in [2.24, 2.45) is 5.11 Å². The number of nitrogens with one attached hydrogen (secondary N) is 1. The van der Waals surface area contributed by atoms with E-state index >= 15 is 0 Å². The second kappa shape index (κ2) is 4.60. The fourth-order valence-electron chi connectivity index (χ4n) is 0.102. The lowest BCUT2D eigenvalue weighted by Gasteiger charge is -1.77. The van der Waals surface area contributed by atoms with Crippen LogP contribution in [0.1, 0.15) is 0 Å². The Morgan fingerprint density at radius 3 is 3.14 bits per heavy atom. The zero-order chi connectivity index (χ0) is 5.54. The van der Waals surface area contributed by atoms with E-state index in [4.69, 9.17) is 10.8 Å². The van der Waals surface area contributed by atoms with Gasteiger partial charge in [0.25, 0.3) is 0 Å². The maximum absolute atomic E-state index is 7.75. The fraction of sp³-hybridized carbons (Fsp3) is 0.500. The van der Waals surface area contributed by atoms with Gasteiger partial charge in [-0.25, -0.2) is 0 Å². The van der Waals surface area contributed by atoms with E-state index in [0.717, 1.165) is 0 Å². The third-order valence-electron chi connectivity index (χ3n) is 0.292. The van der Waals surface area contributed by atoms with E-state index in [1.807, 2.05) is 0 Å². The Bertz CT molecular complexity index is 115. The summed E-state index contributed by atoms with van der Waals surface area (Å²) in [5.74, 6) is 0. The molecule has 0 saturated carbocycles. The molecule has 36 valence electrons. The molecule has 0 rings (SSSR count). The van der Waals surface area contributed by atoms with Gasteiger partial charge in [0.1, 0.15) is 6.67 Å². The maximum atomic E-state index is 7.75. The predicted molar refractivity (Wildman–Crippen MR) is 22.8 cm³/mol. The number of nitrogens with zero attached hydrogens (tertiary/aromatic N) is 4. The topological polar surface area (TPSA) is 84.6 Å². The van der Waals surface area contributed by atoms with E-state index in [9.17, 15) is 0 Å². The fourth-order valence-corrected chi connectivity index (χ4v) is 0.102. The molecule has 0 aliphatic heterocycles. The third-order valence-corrected chi connectivity index (χ3v) is 0.292. The van der Waals surface area contributed by atoms with Crippen molar-refractivity contribution in [1.29, 1.82) is 5.26 Å². The number of hydrogen-bond acceptors (Lipinski definition) is 3. The molecule has 7 heavy (non-hydrogen) atoms. The van der Waals surface area contributed by atoms with Crippen molar-refractivity contribution in [1.82, 2.24) is 5.32 Å². The second-order valence-corrected chi connectivity index (χ2v) is 0.678. The van der Waals surface area contributed by atoms with Gasteiger partial charge in [0.05, 0.1) is 0 Å². The number of hydrogen-bond donors (Lipinski definition) is 1. The van der Waals surface area contributed by atoms with E-state index in [2.05, 4.69) is 15.3 Å². The van der Waals surface area contributed by atoms with Crippen LogP contribution in [0.25, 0.3) is 10.4 Å². The Kier molecular flexibility index (Phi) is 3.68. The van der Waals surface area contributed by atoms with E-state index < -0.39 is 0 Å². The van der Waals surface area contributed by atoms with Crippen molar-refractivity contribution >= 4 is 0 Å². The van der Waals surface area contributed by atoms with E-state index in [1.54, 1.807) is 6.19 Å². The van der Waals surface area contributed by atoms with Crippen LogP contribution < -0.4 is 5.32 Å². The molecule has 0 bridgehead atoms. The van der Waals surface area contributed by atoms with Gasteiger partial charge >= 0.3 is 0 Å². The molecule has 0 aromatic rings. The highest BCUT2D eigenvalue weighted by Gasteiger charge is 1.66. The van der Waals surface area contributed by atoms with E-state index in [1.165, 1.54) is 0 Å². The minimum Gasteiger partial charge on any atom is -0.318 e. The summed E-state index contributed by atoms with van der Waals surface area (Å²) in [6, 6.07) is 0. The standard InChI is InChI=1S/C2H3N5/c3-1-5-2-6-7-4/h5H,2H2. The van der Waals surface area contributed by atoms with Crippen molar-refractivity contribution < 1.29 is 0 Å². The van der Waals surface area contributed by atoms with Crippen LogP contribution in [0.15, 0.2) is 5.11 Å². The Morgan fingerprint density at radius 1 is 2.00 bits per heavy atom. The van der Waals surface area contributed by atoms with Crippen LogP contribution >= 0.6 is 0 Å². The highest BCUT2D eigenvalue weighted by atomic mass is 15.2. The zero-order valence-electron chi connectivity index (χ0n) is 3.50. The van der Waals surface area contributed by atoms with Crippen molar-refractivity contribution in [3.05, 3.63) is 10.4 Å². The Hall–Kier alpha value is -1.40. The molecular formula is C2H3N5. The van der Waals surface area contributed by atoms with Crippen LogP contribution in [-0.2, 0) is 0 Å². The third kappa shape index (κ3) is 4.60. The largest absolute Gasteiger partial charge is 0.318 e. The first-order valence-electron chi connectivity index (χ1n) is 1.54. The molecule has 1 N–H and O–H groups in total. The summed E-state index contributed by atoms with van der Waals surface area (Å²) in [6.07, 6.45) is 1.59. The van der Waals surface area contributed by atoms with Gasteiger partial charge in [-0.15, -0.1) is 0 Å². The van der Waals surface area contributed by atoms with Crippen molar-refractivity contribution in [2.75, 3.05) is 6.67 Å². The molecule has 0 heterocycles. The number of rotatable bonds is 2. The quantitative estimate of drug-likeness (QED) is 0.134. The van der Waals surface area contributed by atoms with Crippen LogP contribution in [0, 0.1) is 11.5 Å². The highest BCUT2D eigenvalue weighted by molar-refractivity contribution is 4.62. The predicted octanol–water partition coefficient (Wildman–Crippen LogP) is 0.325. The first-order valence-corrected chi connectivity index (χ1v) is 1.54. The Morgan fingerprint density at radius 2 is 2.71 bits per heavy atom. The summed E-state index contributed by atoms with van der Waals surface area (Å²) in [6.45, 7) is 0.0347. The van der Waals surface area contributed by atoms with Gasteiger partial charge in [0.2, 0.25) is 0 Å². The summed E-state index contributed by atoms with van der Waals surface area (Å²) in [7, 11) is 0. The molecule has 0 unspecified atom stereocenters. The lowest BCUT2D eigenvalue weighted by Crippen LogP contribution is -2.02. The normalized spacial score (nSPS) is 5.57. The van der Waals surface area contributed by atoms with Crippen LogP contribution in [0.3, 0.4) is 0 Å². The summed E-state index contributed by atoms with van der Waals surface area (Å²) < 4.78 is 0. The van der Waals surface area contributed by atoms with Gasteiger partial charge in [-0.1, -0.05) is 5.11 Å². The SMILES string of the molecule is N#CNCN=[N+]=[N-]. The maximum Gasteiger partial charge on any atom is 0.176 e. The van der Waals surface area contributed by atoms with Gasteiger partial charge in [-0.2, -0.15) is 5.26 Å². The zero-order valence-corrected chi connectivity index (χ0v) is 3.50. The number of nitriles is 1. The molecule has 5 heteroatoms. The molecule has 0 aromatic heterocycles. The molecule has 0 amide bonds. The first kappa shape index (κ1) is 5.60. The summed E-state index contributed by atoms with van der Waals surface area (Å²) in [5.41, 5.74) is 7.60. The van der Waals surface area contributed by atoms with Gasteiger partial charge < -0.3 is 5.32 Å². The molecule has 0 aliphatic carbocycles. The first-order chi connectivity index (χ1) is 3.41. The monoisotopic (exact) mass is 97.0 g/mol. The summed E-state index contributed by atoms with van der Waals surface area (Å²) in [5, 5.41) is 12.9. The molecule has 0 fully saturated rings. The van der Waals surface area contributed by atoms with Crippen LogP contribution in [0.2, 0.25) is 0 Å². The molecular weight excluding hydrogens is 94.1 g/mol. The van der Waals surface area contributed by atoms with Crippen LogP contribution in [0.4, 0.5) is 0 Å². The molecule has 0 spiro atoms. The molecule has 5 nitrogen and oxygen atoms in total. The van der Waals surface area contributed by atoms with Gasteiger partial charge in [-0.3, -0.25) is 0 Å². The smallest absolute Gasteiger partial charge is 0.176 e. The second-order valence-electron chi connectivity index (χ2n) is 0.678.